The Hall–Kier alpha value is -2.80. The minimum atomic E-state index is 0.489. The number of benzene rings is 2. The Labute approximate surface area is 142 Å². The second-order valence-electron chi connectivity index (χ2n) is 5.34. The van der Waals surface area contributed by atoms with Gasteiger partial charge < -0.3 is 18.9 Å². The summed E-state index contributed by atoms with van der Waals surface area (Å²) in [5.41, 5.74) is 3.95. The molecule has 0 unspecified atom stereocenters. The van der Waals surface area contributed by atoms with Gasteiger partial charge in [-0.05, 0) is 17.5 Å². The summed E-state index contributed by atoms with van der Waals surface area (Å²) in [5.74, 6) is 8.62. The van der Waals surface area contributed by atoms with Gasteiger partial charge in [0.2, 0.25) is 11.5 Å². The summed E-state index contributed by atoms with van der Waals surface area (Å²) < 4.78 is 22.4. The van der Waals surface area contributed by atoms with Gasteiger partial charge in [0, 0.05) is 12.0 Å². The van der Waals surface area contributed by atoms with E-state index in [-0.39, 0.29) is 0 Å². The van der Waals surface area contributed by atoms with Crippen molar-refractivity contribution in [3.05, 3.63) is 35.4 Å². The third kappa shape index (κ3) is 2.43. The number of methoxy groups -OCH3 is 4. The Morgan fingerprint density at radius 2 is 1.42 bits per heavy atom. The van der Waals surface area contributed by atoms with E-state index in [1.54, 1.807) is 28.4 Å². The van der Waals surface area contributed by atoms with E-state index in [4.69, 9.17) is 18.9 Å². The zero-order chi connectivity index (χ0) is 17.1. The first-order chi connectivity index (χ1) is 11.8. The van der Waals surface area contributed by atoms with Gasteiger partial charge in [-0.3, -0.25) is 0 Å². The first-order valence-electron chi connectivity index (χ1n) is 7.73. The van der Waals surface area contributed by atoms with Crippen LogP contribution < -0.4 is 18.9 Å². The molecule has 0 radical (unpaired) electrons. The Kier molecular flexibility index (Phi) is 4.52. The minimum Gasteiger partial charge on any atom is -0.492 e. The molecule has 124 valence electrons. The molecule has 3 rings (SSSR count). The molecule has 0 N–H and O–H groups in total. The molecule has 1 aliphatic carbocycles. The maximum Gasteiger partial charge on any atom is 0.208 e. The van der Waals surface area contributed by atoms with E-state index in [0.717, 1.165) is 29.5 Å². The van der Waals surface area contributed by atoms with Crippen LogP contribution in [0.2, 0.25) is 0 Å². The SMILES string of the molecule is COc1c2c(c(OC)c(OC)c1OC)-c1ccccc1CCC#C2. The molecule has 4 heteroatoms. The molecule has 0 fully saturated rings. The molecule has 2 aromatic carbocycles. The number of rotatable bonds is 4. The molecule has 1 aliphatic rings. The summed E-state index contributed by atoms with van der Waals surface area (Å²) in [6.45, 7) is 0. The molecule has 0 atom stereocenters. The first-order valence-corrected chi connectivity index (χ1v) is 7.73. The zero-order valence-corrected chi connectivity index (χ0v) is 14.4. The number of aryl methyl sites for hydroxylation is 1. The van der Waals surface area contributed by atoms with E-state index in [1.165, 1.54) is 5.56 Å². The molecule has 0 saturated carbocycles. The number of hydrogen-bond acceptors (Lipinski definition) is 4. The van der Waals surface area contributed by atoms with Gasteiger partial charge in [-0.2, -0.15) is 0 Å². The van der Waals surface area contributed by atoms with Crippen LogP contribution in [0, 0.1) is 11.8 Å². The predicted octanol–water partition coefficient (Wildman–Crippen LogP) is 3.69. The van der Waals surface area contributed by atoms with Gasteiger partial charge >= 0.3 is 0 Å². The molecule has 0 aromatic heterocycles. The van der Waals surface area contributed by atoms with Gasteiger partial charge in [-0.1, -0.05) is 36.1 Å². The minimum absolute atomic E-state index is 0.489. The molecule has 0 bridgehead atoms. The van der Waals surface area contributed by atoms with Crippen molar-refractivity contribution in [3.63, 3.8) is 0 Å². The van der Waals surface area contributed by atoms with Crippen molar-refractivity contribution >= 4 is 0 Å². The fourth-order valence-electron chi connectivity index (χ4n) is 3.13. The molecule has 4 nitrogen and oxygen atoms in total. The summed E-state index contributed by atoms with van der Waals surface area (Å²) in [6.07, 6.45) is 1.68. The lowest BCUT2D eigenvalue weighted by atomic mass is 9.90. The highest BCUT2D eigenvalue weighted by Gasteiger charge is 2.28. The molecule has 0 aliphatic heterocycles. The van der Waals surface area contributed by atoms with E-state index >= 15 is 0 Å². The molecule has 2 aromatic rings. The molecule has 0 spiro atoms. The second-order valence-corrected chi connectivity index (χ2v) is 5.34. The topological polar surface area (TPSA) is 36.9 Å². The summed E-state index contributed by atoms with van der Waals surface area (Å²) in [4.78, 5) is 0. The summed E-state index contributed by atoms with van der Waals surface area (Å²) in [7, 11) is 6.40. The third-order valence-electron chi connectivity index (χ3n) is 4.16. The van der Waals surface area contributed by atoms with Crippen molar-refractivity contribution in [2.45, 2.75) is 12.8 Å². The van der Waals surface area contributed by atoms with E-state index in [2.05, 4.69) is 24.0 Å². The molecular formula is C20H20O4. The van der Waals surface area contributed by atoms with E-state index in [0.29, 0.717) is 23.0 Å². The van der Waals surface area contributed by atoms with Gasteiger partial charge in [0.25, 0.3) is 0 Å². The number of fused-ring (bicyclic) bond motifs is 3. The monoisotopic (exact) mass is 324 g/mol. The van der Waals surface area contributed by atoms with Crippen molar-refractivity contribution in [3.8, 4) is 46.0 Å². The number of hydrogen-bond donors (Lipinski definition) is 0. The van der Waals surface area contributed by atoms with Crippen molar-refractivity contribution in [1.29, 1.82) is 0 Å². The summed E-state index contributed by atoms with van der Waals surface area (Å²) in [5, 5.41) is 0. The van der Waals surface area contributed by atoms with Crippen molar-refractivity contribution < 1.29 is 18.9 Å². The van der Waals surface area contributed by atoms with Crippen LogP contribution in [0.5, 0.6) is 23.0 Å². The standard InChI is InChI=1S/C20H20O4/c1-21-17-15-12-8-6-10-13-9-5-7-11-14(13)16(15)18(22-2)20(24-4)19(17)23-3/h5,7,9,11H,6,10H2,1-4H3. The lowest BCUT2D eigenvalue weighted by Crippen LogP contribution is -2.05. The highest BCUT2D eigenvalue weighted by Crippen LogP contribution is 2.53. The smallest absolute Gasteiger partial charge is 0.208 e. The predicted molar refractivity (Wildman–Crippen MR) is 93.3 cm³/mol. The fourth-order valence-corrected chi connectivity index (χ4v) is 3.13. The molecular weight excluding hydrogens is 304 g/mol. The third-order valence-corrected chi connectivity index (χ3v) is 4.16. The summed E-state index contributed by atoms with van der Waals surface area (Å²) >= 11 is 0. The van der Waals surface area contributed by atoms with Crippen LogP contribution in [0.25, 0.3) is 11.1 Å². The van der Waals surface area contributed by atoms with Gasteiger partial charge in [0.15, 0.2) is 11.5 Å². The maximum atomic E-state index is 5.70. The van der Waals surface area contributed by atoms with Crippen molar-refractivity contribution in [2.24, 2.45) is 0 Å². The van der Waals surface area contributed by atoms with Gasteiger partial charge in [0.05, 0.1) is 34.0 Å². The van der Waals surface area contributed by atoms with E-state index < -0.39 is 0 Å². The van der Waals surface area contributed by atoms with Crippen LogP contribution in [0.1, 0.15) is 17.5 Å². The molecule has 24 heavy (non-hydrogen) atoms. The van der Waals surface area contributed by atoms with Crippen LogP contribution >= 0.6 is 0 Å². The Morgan fingerprint density at radius 1 is 0.792 bits per heavy atom. The Bertz CT molecular complexity index is 828. The quantitative estimate of drug-likeness (QED) is 0.804. The zero-order valence-electron chi connectivity index (χ0n) is 14.4. The van der Waals surface area contributed by atoms with Gasteiger partial charge in [0.1, 0.15) is 0 Å². The van der Waals surface area contributed by atoms with Gasteiger partial charge in [-0.25, -0.2) is 0 Å². The lowest BCUT2D eigenvalue weighted by Gasteiger charge is -2.23. The largest absolute Gasteiger partial charge is 0.492 e. The lowest BCUT2D eigenvalue weighted by molar-refractivity contribution is 0.306. The van der Waals surface area contributed by atoms with Crippen LogP contribution in [-0.4, -0.2) is 28.4 Å². The highest BCUT2D eigenvalue weighted by molar-refractivity contribution is 5.88. The van der Waals surface area contributed by atoms with Crippen LogP contribution in [0.4, 0.5) is 0 Å². The maximum absolute atomic E-state index is 5.70. The van der Waals surface area contributed by atoms with E-state index in [9.17, 15) is 0 Å². The van der Waals surface area contributed by atoms with E-state index in [1.807, 2.05) is 12.1 Å². The first kappa shape index (κ1) is 16.1. The second kappa shape index (κ2) is 6.76. The van der Waals surface area contributed by atoms with Crippen molar-refractivity contribution in [2.75, 3.05) is 28.4 Å². The van der Waals surface area contributed by atoms with Crippen LogP contribution in [0.15, 0.2) is 24.3 Å². The molecule has 0 saturated heterocycles. The molecule has 0 amide bonds. The highest BCUT2D eigenvalue weighted by atomic mass is 16.5. The van der Waals surface area contributed by atoms with Crippen LogP contribution in [-0.2, 0) is 6.42 Å². The normalized spacial score (nSPS) is 11.8. The summed E-state index contributed by atoms with van der Waals surface area (Å²) in [6, 6.07) is 8.25. The van der Waals surface area contributed by atoms with Gasteiger partial charge in [-0.15, -0.1) is 0 Å². The molecule has 0 heterocycles. The Balaban J connectivity index is 2.49. The Morgan fingerprint density at radius 3 is 2.08 bits per heavy atom. The average Bonchev–Trinajstić information content (AvgIpc) is 2.61. The fraction of sp³-hybridized carbons (Fsp3) is 0.300. The average molecular weight is 324 g/mol. The number of ether oxygens (including phenoxy) is 4. The van der Waals surface area contributed by atoms with Crippen LogP contribution in [0.3, 0.4) is 0 Å². The van der Waals surface area contributed by atoms with Crippen molar-refractivity contribution in [1.82, 2.24) is 0 Å².